The molecule has 0 spiro atoms. The molecule has 1 aliphatic heterocycles. The molecule has 0 saturated heterocycles. The zero-order valence-corrected chi connectivity index (χ0v) is 15.7. The van der Waals surface area contributed by atoms with Crippen molar-refractivity contribution in [1.82, 2.24) is 15.0 Å². The zero-order valence-electron chi connectivity index (χ0n) is 14.1. The third-order valence-electron chi connectivity index (χ3n) is 3.99. The number of anilines is 1. The van der Waals surface area contributed by atoms with Gasteiger partial charge in [0.05, 0.1) is 22.9 Å². The minimum absolute atomic E-state index is 0.124. The van der Waals surface area contributed by atoms with E-state index in [0.717, 1.165) is 0 Å². The van der Waals surface area contributed by atoms with E-state index >= 15 is 0 Å². The van der Waals surface area contributed by atoms with Crippen molar-refractivity contribution in [2.75, 3.05) is 11.4 Å². The highest BCUT2D eigenvalue weighted by molar-refractivity contribution is 7.17. The highest BCUT2D eigenvalue weighted by Gasteiger charge is 2.32. The molecule has 132 valence electrons. The third-order valence-corrected chi connectivity index (χ3v) is 5.43. The van der Waals surface area contributed by atoms with Crippen molar-refractivity contribution < 1.29 is 9.53 Å². The van der Waals surface area contributed by atoms with E-state index < -0.39 is 0 Å². The average molecular weight is 387 g/mol. The van der Waals surface area contributed by atoms with Crippen LogP contribution in [0.25, 0.3) is 10.8 Å². The van der Waals surface area contributed by atoms with E-state index in [1.807, 2.05) is 26.0 Å². The van der Waals surface area contributed by atoms with Gasteiger partial charge in [-0.15, -0.1) is 11.3 Å². The maximum atomic E-state index is 13.2. The molecule has 4 rings (SSSR count). The van der Waals surface area contributed by atoms with Crippen LogP contribution in [0.5, 0.6) is 5.75 Å². The molecule has 1 amide bonds. The van der Waals surface area contributed by atoms with Gasteiger partial charge in [0.15, 0.2) is 16.6 Å². The van der Waals surface area contributed by atoms with Gasteiger partial charge in [-0.1, -0.05) is 17.7 Å². The number of aryl methyl sites for hydroxylation is 1. The summed E-state index contributed by atoms with van der Waals surface area (Å²) in [7, 11) is 0. The van der Waals surface area contributed by atoms with Crippen LogP contribution in [-0.4, -0.2) is 33.5 Å². The molecule has 3 heterocycles. The van der Waals surface area contributed by atoms with Crippen molar-refractivity contribution in [3.8, 4) is 16.6 Å². The first-order valence-corrected chi connectivity index (χ1v) is 9.26. The summed E-state index contributed by atoms with van der Waals surface area (Å²) in [6.07, 6.45) is 3.15. The predicted molar refractivity (Wildman–Crippen MR) is 101 cm³/mol. The molecule has 1 aliphatic rings. The van der Waals surface area contributed by atoms with Gasteiger partial charge in [0, 0.05) is 12.4 Å². The molecular weight excluding hydrogens is 372 g/mol. The molecule has 0 aliphatic carbocycles. The summed E-state index contributed by atoms with van der Waals surface area (Å²) >= 11 is 7.54. The smallest absolute Gasteiger partial charge is 0.270 e. The first-order valence-electron chi connectivity index (χ1n) is 8.06. The van der Waals surface area contributed by atoms with Crippen molar-refractivity contribution in [2.45, 2.75) is 20.0 Å². The number of thiazole rings is 1. The number of carbonyl (C=O) groups excluding carboxylic acids is 1. The third kappa shape index (κ3) is 2.93. The SMILES string of the molecule is Cc1nc(-c2ncccn2)sc1C(=O)N1C[C@H](C)Oc2c(Cl)cccc21. The van der Waals surface area contributed by atoms with Gasteiger partial charge in [-0.3, -0.25) is 4.79 Å². The van der Waals surface area contributed by atoms with E-state index in [0.29, 0.717) is 44.4 Å². The zero-order chi connectivity index (χ0) is 18.3. The molecule has 0 bridgehead atoms. The number of halogens is 1. The van der Waals surface area contributed by atoms with Crippen LogP contribution in [0.2, 0.25) is 5.02 Å². The van der Waals surface area contributed by atoms with Crippen molar-refractivity contribution in [1.29, 1.82) is 0 Å². The minimum atomic E-state index is -0.156. The van der Waals surface area contributed by atoms with Crippen LogP contribution in [0.3, 0.4) is 0 Å². The highest BCUT2D eigenvalue weighted by atomic mass is 35.5. The number of fused-ring (bicyclic) bond motifs is 1. The molecule has 1 atom stereocenters. The normalized spacial score (nSPS) is 16.1. The van der Waals surface area contributed by atoms with Gasteiger partial charge in [-0.2, -0.15) is 0 Å². The molecule has 2 aromatic heterocycles. The maximum absolute atomic E-state index is 13.2. The molecule has 0 N–H and O–H groups in total. The quantitative estimate of drug-likeness (QED) is 0.666. The lowest BCUT2D eigenvalue weighted by molar-refractivity contribution is 0.0964. The van der Waals surface area contributed by atoms with Gasteiger partial charge >= 0.3 is 0 Å². The predicted octanol–water partition coefficient (Wildman–Crippen LogP) is 3.99. The van der Waals surface area contributed by atoms with Crippen LogP contribution in [0, 0.1) is 6.92 Å². The summed E-state index contributed by atoms with van der Waals surface area (Å²) in [6, 6.07) is 7.14. The lowest BCUT2D eigenvalue weighted by atomic mass is 10.2. The molecule has 26 heavy (non-hydrogen) atoms. The lowest BCUT2D eigenvalue weighted by Crippen LogP contribution is -2.42. The van der Waals surface area contributed by atoms with Crippen LogP contribution in [0.1, 0.15) is 22.3 Å². The monoisotopic (exact) mass is 386 g/mol. The Balaban J connectivity index is 1.73. The average Bonchev–Trinajstić information content (AvgIpc) is 3.04. The van der Waals surface area contributed by atoms with Crippen molar-refractivity contribution in [3.63, 3.8) is 0 Å². The molecule has 1 aromatic carbocycles. The fraction of sp³-hybridized carbons (Fsp3) is 0.222. The number of rotatable bonds is 2. The van der Waals surface area contributed by atoms with Gasteiger partial charge in [-0.25, -0.2) is 15.0 Å². The Bertz CT molecular complexity index is 977. The molecule has 0 saturated carbocycles. The van der Waals surface area contributed by atoms with E-state index in [1.165, 1.54) is 11.3 Å². The largest absolute Gasteiger partial charge is 0.485 e. The first kappa shape index (κ1) is 16.9. The van der Waals surface area contributed by atoms with Crippen molar-refractivity contribution in [2.24, 2.45) is 0 Å². The summed E-state index contributed by atoms with van der Waals surface area (Å²) in [5.41, 5.74) is 1.33. The molecule has 0 fully saturated rings. The molecule has 6 nitrogen and oxygen atoms in total. The first-order chi connectivity index (χ1) is 12.5. The summed E-state index contributed by atoms with van der Waals surface area (Å²) in [4.78, 5) is 28.4. The maximum Gasteiger partial charge on any atom is 0.270 e. The number of hydrogen-bond donors (Lipinski definition) is 0. The number of ether oxygens (including phenoxy) is 1. The van der Waals surface area contributed by atoms with E-state index in [2.05, 4.69) is 15.0 Å². The standard InChI is InChI=1S/C18H15ClN4O2S/c1-10-9-23(13-6-3-5-12(19)14(13)25-10)18(24)15-11(2)22-17(26-15)16-20-7-4-8-21-16/h3-8,10H,9H2,1-2H3/t10-/m0/s1. The van der Waals surface area contributed by atoms with Crippen LogP contribution >= 0.6 is 22.9 Å². The van der Waals surface area contributed by atoms with Crippen LogP contribution in [0.4, 0.5) is 5.69 Å². The Morgan fingerprint density at radius 3 is 2.85 bits per heavy atom. The van der Waals surface area contributed by atoms with Crippen LogP contribution in [0.15, 0.2) is 36.7 Å². The number of para-hydroxylation sites is 1. The molecule has 3 aromatic rings. The van der Waals surface area contributed by atoms with Gasteiger partial charge in [0.2, 0.25) is 0 Å². The van der Waals surface area contributed by atoms with E-state index in [4.69, 9.17) is 16.3 Å². The van der Waals surface area contributed by atoms with Crippen molar-refractivity contribution >= 4 is 34.5 Å². The Morgan fingerprint density at radius 2 is 2.08 bits per heavy atom. The van der Waals surface area contributed by atoms with E-state index in [1.54, 1.807) is 29.4 Å². The Kier molecular flexibility index (Phi) is 4.34. The number of hydrogen-bond acceptors (Lipinski definition) is 6. The second-order valence-corrected chi connectivity index (χ2v) is 7.34. The van der Waals surface area contributed by atoms with Gasteiger partial charge in [0.1, 0.15) is 11.0 Å². The topological polar surface area (TPSA) is 68.2 Å². The summed E-state index contributed by atoms with van der Waals surface area (Å²) in [6.45, 7) is 4.18. The van der Waals surface area contributed by atoms with Crippen LogP contribution < -0.4 is 9.64 Å². The van der Waals surface area contributed by atoms with Crippen LogP contribution in [-0.2, 0) is 0 Å². The minimum Gasteiger partial charge on any atom is -0.485 e. The highest BCUT2D eigenvalue weighted by Crippen LogP contribution is 2.40. The number of benzene rings is 1. The lowest BCUT2D eigenvalue weighted by Gasteiger charge is -2.33. The second-order valence-electron chi connectivity index (χ2n) is 5.94. The van der Waals surface area contributed by atoms with Gasteiger partial charge < -0.3 is 9.64 Å². The number of nitrogens with zero attached hydrogens (tertiary/aromatic N) is 4. The molecule has 0 unspecified atom stereocenters. The van der Waals surface area contributed by atoms with Gasteiger partial charge in [0.25, 0.3) is 5.91 Å². The number of carbonyl (C=O) groups is 1. The number of aromatic nitrogens is 3. The number of amides is 1. The summed E-state index contributed by atoms with van der Waals surface area (Å²) in [5, 5.41) is 1.12. The van der Waals surface area contributed by atoms with E-state index in [9.17, 15) is 4.79 Å². The Labute approximate surface area is 159 Å². The summed E-state index contributed by atoms with van der Waals surface area (Å²) in [5.74, 6) is 0.925. The molecule has 0 radical (unpaired) electrons. The fourth-order valence-corrected chi connectivity index (χ4v) is 4.01. The van der Waals surface area contributed by atoms with Gasteiger partial charge in [-0.05, 0) is 32.0 Å². The summed E-state index contributed by atoms with van der Waals surface area (Å²) < 4.78 is 5.83. The molecule has 8 heteroatoms. The van der Waals surface area contributed by atoms with Crippen molar-refractivity contribution in [3.05, 3.63) is 52.3 Å². The second kappa shape index (κ2) is 6.66. The fourth-order valence-electron chi connectivity index (χ4n) is 2.84. The Morgan fingerprint density at radius 1 is 1.31 bits per heavy atom. The molecular formula is C18H15ClN4O2S. The van der Waals surface area contributed by atoms with E-state index in [-0.39, 0.29) is 12.0 Å². The Hall–Kier alpha value is -2.51.